The third kappa shape index (κ3) is 5.48. The van der Waals surface area contributed by atoms with Crippen molar-refractivity contribution < 1.29 is 9.21 Å². The van der Waals surface area contributed by atoms with Crippen LogP contribution in [0.2, 0.25) is 0 Å². The Bertz CT molecular complexity index is 989. The summed E-state index contributed by atoms with van der Waals surface area (Å²) in [5.74, 6) is 1.46. The third-order valence-electron chi connectivity index (χ3n) is 5.29. The summed E-state index contributed by atoms with van der Waals surface area (Å²) in [4.78, 5) is 18.9. The van der Waals surface area contributed by atoms with Gasteiger partial charge in [-0.25, -0.2) is 4.98 Å². The Hall–Kier alpha value is -2.67. The van der Waals surface area contributed by atoms with Gasteiger partial charge in [-0.15, -0.1) is 0 Å². The van der Waals surface area contributed by atoms with Crippen LogP contribution in [0.25, 0.3) is 11.1 Å². The number of likely N-dealkylation sites (N-methyl/N-ethyl adjacent to an activating group) is 1. The molecule has 0 bridgehead atoms. The number of hydrogen-bond donors (Lipinski definition) is 1. The molecule has 0 aliphatic heterocycles. The Morgan fingerprint density at radius 3 is 2.73 bits per heavy atom. The van der Waals surface area contributed by atoms with Crippen LogP contribution in [0.1, 0.15) is 56.5 Å². The van der Waals surface area contributed by atoms with E-state index in [2.05, 4.69) is 47.4 Å². The van der Waals surface area contributed by atoms with E-state index in [1.54, 1.807) is 6.07 Å². The molecule has 3 aromatic rings. The minimum Gasteiger partial charge on any atom is -0.459 e. The van der Waals surface area contributed by atoms with Gasteiger partial charge in [-0.3, -0.25) is 9.48 Å². The molecule has 0 fully saturated rings. The normalized spacial score (nSPS) is 11.7. The third-order valence-corrected chi connectivity index (χ3v) is 5.29. The van der Waals surface area contributed by atoms with Crippen molar-refractivity contribution in [1.29, 1.82) is 0 Å². The van der Waals surface area contributed by atoms with E-state index >= 15 is 0 Å². The van der Waals surface area contributed by atoms with E-state index in [-0.39, 0.29) is 5.91 Å². The van der Waals surface area contributed by atoms with Crippen LogP contribution in [-0.2, 0) is 17.6 Å². The van der Waals surface area contributed by atoms with Crippen LogP contribution in [0.5, 0.6) is 0 Å². The molecular formula is C23H33N5O2. The molecule has 3 rings (SSSR count). The summed E-state index contributed by atoms with van der Waals surface area (Å²) in [6, 6.07) is 4.07. The summed E-state index contributed by atoms with van der Waals surface area (Å²) in [5.41, 5.74) is 3.97. The maximum atomic E-state index is 11.9. The topological polar surface area (TPSA) is 76.2 Å². The monoisotopic (exact) mass is 411 g/mol. The highest BCUT2D eigenvalue weighted by atomic mass is 16.3. The zero-order chi connectivity index (χ0) is 21.7. The Morgan fingerprint density at radius 1 is 1.27 bits per heavy atom. The first-order valence-corrected chi connectivity index (χ1v) is 10.8. The molecule has 0 atom stereocenters. The highest BCUT2D eigenvalue weighted by molar-refractivity contribution is 5.91. The molecule has 0 spiro atoms. The molecule has 3 aromatic heterocycles. The number of pyridine rings is 1. The summed E-state index contributed by atoms with van der Waals surface area (Å²) in [5, 5.41) is 7.29. The molecule has 7 nitrogen and oxygen atoms in total. The lowest BCUT2D eigenvalue weighted by Crippen LogP contribution is -2.24. The van der Waals surface area contributed by atoms with Crippen molar-refractivity contribution in [3.05, 3.63) is 41.4 Å². The van der Waals surface area contributed by atoms with E-state index in [0.29, 0.717) is 18.3 Å². The quantitative estimate of drug-likeness (QED) is 0.536. The first-order chi connectivity index (χ1) is 14.4. The summed E-state index contributed by atoms with van der Waals surface area (Å²) in [7, 11) is 2.13. The van der Waals surface area contributed by atoms with Crippen molar-refractivity contribution in [2.75, 3.05) is 25.5 Å². The molecule has 0 aliphatic rings. The number of fused-ring (bicyclic) bond motifs is 1. The van der Waals surface area contributed by atoms with Gasteiger partial charge in [0.05, 0.1) is 6.20 Å². The molecular weight excluding hydrogens is 378 g/mol. The van der Waals surface area contributed by atoms with Gasteiger partial charge in [0.1, 0.15) is 17.1 Å². The number of hydrogen-bond acceptors (Lipinski definition) is 5. The first-order valence-electron chi connectivity index (χ1n) is 10.8. The van der Waals surface area contributed by atoms with E-state index < -0.39 is 0 Å². The maximum absolute atomic E-state index is 11.9. The number of carbonyl (C=O) groups is 1. The predicted octanol–water partition coefficient (Wildman–Crippen LogP) is 4.37. The minimum absolute atomic E-state index is 0.00774. The Labute approximate surface area is 178 Å². The van der Waals surface area contributed by atoms with Gasteiger partial charge in [0.15, 0.2) is 5.58 Å². The summed E-state index contributed by atoms with van der Waals surface area (Å²) in [6.07, 6.45) is 7.22. The van der Waals surface area contributed by atoms with Crippen LogP contribution in [-0.4, -0.2) is 45.7 Å². The van der Waals surface area contributed by atoms with Crippen LogP contribution >= 0.6 is 0 Å². The average molecular weight is 412 g/mol. The van der Waals surface area contributed by atoms with Crippen molar-refractivity contribution >= 4 is 22.8 Å². The van der Waals surface area contributed by atoms with Crippen molar-refractivity contribution in [3.63, 3.8) is 0 Å². The zero-order valence-corrected chi connectivity index (χ0v) is 18.7. The van der Waals surface area contributed by atoms with Crippen molar-refractivity contribution in [3.8, 4) is 0 Å². The largest absolute Gasteiger partial charge is 0.459 e. The van der Waals surface area contributed by atoms with Crippen LogP contribution in [0.3, 0.4) is 0 Å². The molecule has 0 saturated heterocycles. The fourth-order valence-corrected chi connectivity index (χ4v) is 3.46. The molecule has 0 aromatic carbocycles. The molecule has 30 heavy (non-hydrogen) atoms. The van der Waals surface area contributed by atoms with Gasteiger partial charge in [-0.05, 0) is 64.8 Å². The fraction of sp³-hybridized carbons (Fsp3) is 0.522. The van der Waals surface area contributed by atoms with E-state index in [0.717, 1.165) is 54.8 Å². The molecule has 1 N–H and O–H groups in total. The first kappa shape index (κ1) is 22.0. The summed E-state index contributed by atoms with van der Waals surface area (Å²) >= 11 is 0. The predicted molar refractivity (Wildman–Crippen MR) is 120 cm³/mol. The molecule has 0 unspecified atom stereocenters. The lowest BCUT2D eigenvalue weighted by molar-refractivity contribution is -0.116. The Morgan fingerprint density at radius 2 is 2.03 bits per heavy atom. The number of anilines is 1. The van der Waals surface area contributed by atoms with Crippen molar-refractivity contribution in [2.24, 2.45) is 0 Å². The molecule has 0 saturated carbocycles. The van der Waals surface area contributed by atoms with Crippen LogP contribution in [0.15, 0.2) is 28.9 Å². The fourth-order valence-electron chi connectivity index (χ4n) is 3.46. The van der Waals surface area contributed by atoms with Crippen LogP contribution in [0, 0.1) is 6.92 Å². The van der Waals surface area contributed by atoms with E-state index in [1.165, 1.54) is 5.56 Å². The highest BCUT2D eigenvalue weighted by Crippen LogP contribution is 2.26. The highest BCUT2D eigenvalue weighted by Gasteiger charge is 2.15. The molecule has 3 heterocycles. The van der Waals surface area contributed by atoms with Gasteiger partial charge in [-0.1, -0.05) is 6.92 Å². The SMILES string of the molecule is CCCC(=O)Nc1ccc2oc(C)c(CCN(C)CCc3cnn(C(C)C)c3)c2n1. The Kier molecular flexibility index (Phi) is 7.26. The van der Waals surface area contributed by atoms with Crippen LogP contribution < -0.4 is 5.32 Å². The van der Waals surface area contributed by atoms with Gasteiger partial charge >= 0.3 is 0 Å². The van der Waals surface area contributed by atoms with E-state index in [9.17, 15) is 4.79 Å². The number of amides is 1. The molecule has 7 heteroatoms. The number of aryl methyl sites for hydroxylation is 1. The second-order valence-corrected chi connectivity index (χ2v) is 8.20. The van der Waals surface area contributed by atoms with Gasteiger partial charge in [0.2, 0.25) is 5.91 Å². The zero-order valence-electron chi connectivity index (χ0n) is 18.7. The number of aromatic nitrogens is 3. The maximum Gasteiger partial charge on any atom is 0.225 e. The lowest BCUT2D eigenvalue weighted by atomic mass is 10.1. The smallest absolute Gasteiger partial charge is 0.225 e. The number of furan rings is 1. The van der Waals surface area contributed by atoms with Gasteiger partial charge in [-0.2, -0.15) is 5.10 Å². The van der Waals surface area contributed by atoms with Gasteiger partial charge in [0, 0.05) is 37.3 Å². The van der Waals surface area contributed by atoms with Gasteiger partial charge < -0.3 is 14.6 Å². The molecule has 0 aliphatic carbocycles. The van der Waals surface area contributed by atoms with Crippen molar-refractivity contribution in [1.82, 2.24) is 19.7 Å². The summed E-state index contributed by atoms with van der Waals surface area (Å²) < 4.78 is 7.89. The number of carbonyl (C=O) groups excluding carboxylic acids is 1. The molecule has 1 amide bonds. The van der Waals surface area contributed by atoms with Crippen molar-refractivity contribution in [2.45, 2.75) is 59.4 Å². The lowest BCUT2D eigenvalue weighted by Gasteiger charge is -2.15. The summed E-state index contributed by atoms with van der Waals surface area (Å²) in [6.45, 7) is 10.1. The van der Waals surface area contributed by atoms with E-state index in [1.807, 2.05) is 30.8 Å². The minimum atomic E-state index is -0.00774. The number of rotatable bonds is 10. The van der Waals surface area contributed by atoms with E-state index in [4.69, 9.17) is 4.42 Å². The average Bonchev–Trinajstić information content (AvgIpc) is 3.29. The van der Waals surface area contributed by atoms with Crippen LogP contribution in [0.4, 0.5) is 5.82 Å². The second-order valence-electron chi connectivity index (χ2n) is 8.20. The molecule has 0 radical (unpaired) electrons. The standard InChI is InChI=1S/C23H33N5O2/c1-6-7-22(29)25-21-9-8-20-23(26-21)19(17(4)30-20)11-13-27(5)12-10-18-14-24-28(15-18)16(2)3/h8-9,14-16H,6-7,10-13H2,1-5H3,(H,25,26,29). The number of nitrogens with zero attached hydrogens (tertiary/aromatic N) is 4. The van der Waals surface area contributed by atoms with Gasteiger partial charge in [0.25, 0.3) is 0 Å². The number of nitrogens with one attached hydrogen (secondary N) is 1. The second kappa shape index (κ2) is 9.89. The Balaban J connectivity index is 1.61. The molecule has 162 valence electrons.